The molecule has 0 saturated carbocycles. The van der Waals surface area contributed by atoms with Gasteiger partial charge in [0.25, 0.3) is 5.91 Å². The molecule has 2 aromatic rings. The minimum absolute atomic E-state index is 0.177. The fourth-order valence-electron chi connectivity index (χ4n) is 1.77. The first-order valence-electron chi connectivity index (χ1n) is 7.02. The second kappa shape index (κ2) is 6.88. The molecule has 0 bridgehead atoms. The molecule has 1 amide bonds. The Morgan fingerprint density at radius 3 is 2.52 bits per heavy atom. The van der Waals surface area contributed by atoms with Crippen LogP contribution in [0.3, 0.4) is 0 Å². The summed E-state index contributed by atoms with van der Waals surface area (Å²) in [6.07, 6.45) is 0. The second-order valence-corrected chi connectivity index (χ2v) is 5.35. The molecule has 2 rings (SSSR count). The van der Waals surface area contributed by atoms with Crippen molar-refractivity contribution in [3.8, 4) is 5.75 Å². The lowest BCUT2D eigenvalue weighted by Crippen LogP contribution is -2.13. The van der Waals surface area contributed by atoms with Crippen LogP contribution in [0.25, 0.3) is 0 Å². The number of carbonyl (C=O) groups excluding carboxylic acids is 1. The summed E-state index contributed by atoms with van der Waals surface area (Å²) in [5, 5.41) is 2.78. The summed E-state index contributed by atoms with van der Waals surface area (Å²) in [4.78, 5) is 16.4. The van der Waals surface area contributed by atoms with Gasteiger partial charge in [0.1, 0.15) is 11.6 Å². The summed E-state index contributed by atoms with van der Waals surface area (Å²) in [6.45, 7) is 6.74. The van der Waals surface area contributed by atoms with Crippen molar-refractivity contribution in [2.24, 2.45) is 5.92 Å². The molecule has 21 heavy (non-hydrogen) atoms. The van der Waals surface area contributed by atoms with Gasteiger partial charge in [-0.2, -0.15) is 0 Å². The molecule has 1 heterocycles. The first kappa shape index (κ1) is 15.0. The number of pyridine rings is 1. The summed E-state index contributed by atoms with van der Waals surface area (Å²) in [5.74, 6) is 1.62. The molecule has 0 radical (unpaired) electrons. The van der Waals surface area contributed by atoms with E-state index >= 15 is 0 Å². The number of nitrogens with one attached hydrogen (secondary N) is 1. The van der Waals surface area contributed by atoms with Crippen molar-refractivity contribution in [2.45, 2.75) is 20.8 Å². The number of amides is 1. The summed E-state index contributed by atoms with van der Waals surface area (Å²) in [5.41, 5.74) is 1.44. The molecule has 4 heteroatoms. The van der Waals surface area contributed by atoms with Crippen molar-refractivity contribution in [2.75, 3.05) is 11.9 Å². The maximum absolute atomic E-state index is 12.1. The SMILES string of the molecule is Cc1cccc(NC(=O)c2ccc(OCC(C)C)cc2)n1. The van der Waals surface area contributed by atoms with Crippen LogP contribution in [0.5, 0.6) is 5.75 Å². The summed E-state index contributed by atoms with van der Waals surface area (Å²) in [7, 11) is 0. The van der Waals surface area contributed by atoms with Crippen LogP contribution in [-0.2, 0) is 0 Å². The number of anilines is 1. The Balaban J connectivity index is 1.99. The van der Waals surface area contributed by atoms with Gasteiger partial charge in [0.15, 0.2) is 0 Å². The van der Waals surface area contributed by atoms with Crippen molar-refractivity contribution in [3.63, 3.8) is 0 Å². The number of hydrogen-bond acceptors (Lipinski definition) is 3. The standard InChI is InChI=1S/C17H20N2O2/c1-12(2)11-21-15-9-7-14(8-10-15)17(20)19-16-6-4-5-13(3)18-16/h4-10,12H,11H2,1-3H3,(H,18,19,20). The third-order valence-corrected chi connectivity index (χ3v) is 2.83. The second-order valence-electron chi connectivity index (χ2n) is 5.35. The minimum atomic E-state index is -0.177. The van der Waals surface area contributed by atoms with Crippen molar-refractivity contribution in [3.05, 3.63) is 53.7 Å². The zero-order chi connectivity index (χ0) is 15.2. The van der Waals surface area contributed by atoms with Crippen LogP contribution in [0, 0.1) is 12.8 Å². The lowest BCUT2D eigenvalue weighted by atomic mass is 10.2. The van der Waals surface area contributed by atoms with Crippen molar-refractivity contribution < 1.29 is 9.53 Å². The van der Waals surface area contributed by atoms with Crippen LogP contribution in [0.2, 0.25) is 0 Å². The first-order valence-corrected chi connectivity index (χ1v) is 7.02. The van der Waals surface area contributed by atoms with Crippen molar-refractivity contribution in [1.29, 1.82) is 0 Å². The van der Waals surface area contributed by atoms with E-state index in [1.54, 1.807) is 30.3 Å². The van der Waals surface area contributed by atoms with E-state index in [-0.39, 0.29) is 5.91 Å². The van der Waals surface area contributed by atoms with E-state index in [0.29, 0.717) is 23.9 Å². The molecule has 0 fully saturated rings. The molecule has 4 nitrogen and oxygen atoms in total. The Morgan fingerprint density at radius 1 is 1.19 bits per heavy atom. The maximum atomic E-state index is 12.1. The Kier molecular flexibility index (Phi) is 4.93. The number of benzene rings is 1. The third kappa shape index (κ3) is 4.60. The van der Waals surface area contributed by atoms with E-state index in [4.69, 9.17) is 4.74 Å². The van der Waals surface area contributed by atoms with Gasteiger partial charge in [-0.15, -0.1) is 0 Å². The van der Waals surface area contributed by atoms with Crippen LogP contribution < -0.4 is 10.1 Å². The Labute approximate surface area is 125 Å². The molecule has 110 valence electrons. The monoisotopic (exact) mass is 284 g/mol. The van der Waals surface area contributed by atoms with Gasteiger partial charge < -0.3 is 10.1 Å². The van der Waals surface area contributed by atoms with Gasteiger partial charge in [-0.1, -0.05) is 19.9 Å². The fourth-order valence-corrected chi connectivity index (χ4v) is 1.77. The average molecular weight is 284 g/mol. The Hall–Kier alpha value is -2.36. The first-order chi connectivity index (χ1) is 10.0. The summed E-state index contributed by atoms with van der Waals surface area (Å²) >= 11 is 0. The van der Waals surface area contributed by atoms with Crippen molar-refractivity contribution >= 4 is 11.7 Å². The molecule has 0 atom stereocenters. The molecule has 1 aromatic carbocycles. The van der Waals surface area contributed by atoms with Gasteiger partial charge in [0.05, 0.1) is 6.61 Å². The predicted molar refractivity (Wildman–Crippen MR) is 83.7 cm³/mol. The van der Waals surface area contributed by atoms with E-state index < -0.39 is 0 Å². The van der Waals surface area contributed by atoms with Crippen LogP contribution in [0.15, 0.2) is 42.5 Å². The smallest absolute Gasteiger partial charge is 0.256 e. The van der Waals surface area contributed by atoms with E-state index in [1.165, 1.54) is 0 Å². The lowest BCUT2D eigenvalue weighted by Gasteiger charge is -2.09. The maximum Gasteiger partial charge on any atom is 0.256 e. The zero-order valence-electron chi connectivity index (χ0n) is 12.6. The number of aromatic nitrogens is 1. The third-order valence-electron chi connectivity index (χ3n) is 2.83. The van der Waals surface area contributed by atoms with Crippen LogP contribution in [0.1, 0.15) is 29.9 Å². The molecule has 0 aliphatic carbocycles. The van der Waals surface area contributed by atoms with Crippen LogP contribution in [0.4, 0.5) is 5.82 Å². The fraction of sp³-hybridized carbons (Fsp3) is 0.294. The van der Waals surface area contributed by atoms with Crippen LogP contribution in [-0.4, -0.2) is 17.5 Å². The van der Waals surface area contributed by atoms with Gasteiger partial charge >= 0.3 is 0 Å². The topological polar surface area (TPSA) is 51.2 Å². The van der Waals surface area contributed by atoms with E-state index in [0.717, 1.165) is 11.4 Å². The number of hydrogen-bond donors (Lipinski definition) is 1. The number of rotatable bonds is 5. The number of aryl methyl sites for hydroxylation is 1. The normalized spacial score (nSPS) is 10.5. The Morgan fingerprint density at radius 2 is 1.90 bits per heavy atom. The molecule has 0 saturated heterocycles. The molecule has 0 spiro atoms. The molecule has 0 aliphatic heterocycles. The highest BCUT2D eigenvalue weighted by molar-refractivity contribution is 6.03. The van der Waals surface area contributed by atoms with E-state index in [1.807, 2.05) is 19.1 Å². The van der Waals surface area contributed by atoms with Gasteiger partial charge in [-0.25, -0.2) is 4.98 Å². The van der Waals surface area contributed by atoms with Crippen LogP contribution >= 0.6 is 0 Å². The summed E-state index contributed by atoms with van der Waals surface area (Å²) < 4.78 is 5.59. The molecular weight excluding hydrogens is 264 g/mol. The molecular formula is C17H20N2O2. The highest BCUT2D eigenvalue weighted by Gasteiger charge is 2.07. The predicted octanol–water partition coefficient (Wildman–Crippen LogP) is 3.68. The molecule has 0 unspecified atom stereocenters. The van der Waals surface area contributed by atoms with Gasteiger partial charge in [-0.3, -0.25) is 4.79 Å². The van der Waals surface area contributed by atoms with Gasteiger partial charge in [0.2, 0.25) is 0 Å². The molecule has 1 N–H and O–H groups in total. The number of carbonyl (C=O) groups is 1. The quantitative estimate of drug-likeness (QED) is 0.911. The minimum Gasteiger partial charge on any atom is -0.493 e. The zero-order valence-corrected chi connectivity index (χ0v) is 12.6. The highest BCUT2D eigenvalue weighted by atomic mass is 16.5. The number of ether oxygens (including phenoxy) is 1. The van der Waals surface area contributed by atoms with E-state index in [2.05, 4.69) is 24.1 Å². The molecule has 1 aromatic heterocycles. The van der Waals surface area contributed by atoms with E-state index in [9.17, 15) is 4.79 Å². The van der Waals surface area contributed by atoms with Gasteiger partial charge in [0, 0.05) is 11.3 Å². The lowest BCUT2D eigenvalue weighted by molar-refractivity contribution is 0.102. The average Bonchev–Trinajstić information content (AvgIpc) is 2.45. The van der Waals surface area contributed by atoms with Gasteiger partial charge in [-0.05, 0) is 49.2 Å². The summed E-state index contributed by atoms with van der Waals surface area (Å²) in [6, 6.07) is 12.6. The number of nitrogens with zero attached hydrogens (tertiary/aromatic N) is 1. The largest absolute Gasteiger partial charge is 0.493 e. The Bertz CT molecular complexity index is 606. The van der Waals surface area contributed by atoms with Crippen molar-refractivity contribution in [1.82, 2.24) is 4.98 Å². The highest BCUT2D eigenvalue weighted by Crippen LogP contribution is 2.14. The molecule has 0 aliphatic rings.